The molecule has 1 amide bonds. The fourth-order valence-electron chi connectivity index (χ4n) is 4.98. The molecule has 0 radical (unpaired) electrons. The molecule has 1 spiro atoms. The third-order valence-corrected chi connectivity index (χ3v) is 6.59. The second kappa shape index (κ2) is 6.78. The number of pyridine rings is 1. The Hall–Kier alpha value is -3.93. The molecule has 4 unspecified atom stereocenters. The number of hydrogen-bond acceptors (Lipinski definition) is 6. The van der Waals surface area contributed by atoms with Gasteiger partial charge < -0.3 is 9.80 Å². The number of carbonyl (C=O) groups is 1. The number of fused-ring (bicyclic) bond motifs is 2. The van der Waals surface area contributed by atoms with Gasteiger partial charge in [0.15, 0.2) is 5.54 Å². The van der Waals surface area contributed by atoms with Crippen molar-refractivity contribution >= 4 is 24.4 Å². The van der Waals surface area contributed by atoms with Crippen LogP contribution < -0.4 is 0 Å². The molecule has 1 aliphatic carbocycles. The molecule has 0 saturated heterocycles. The largest absolute Gasteiger partial charge is 0.363 e. The lowest BCUT2D eigenvalue weighted by Crippen LogP contribution is -2.57. The number of likely N-dealkylation sites (N-methyl/N-ethyl adjacent to an activating group) is 1. The van der Waals surface area contributed by atoms with E-state index in [1.807, 2.05) is 18.0 Å². The molecule has 4 heterocycles. The SMILES string of the molecule is CN1C=NC(c2c(F)cccc2C#Cc2cccnc2)(C2C=NC3=NC(=O)C4(CC4F)N32)C1. The molecule has 7 nitrogen and oxygen atoms in total. The highest BCUT2D eigenvalue weighted by atomic mass is 19.1. The van der Waals surface area contributed by atoms with Crippen molar-refractivity contribution in [2.45, 2.75) is 29.7 Å². The van der Waals surface area contributed by atoms with Gasteiger partial charge in [0.25, 0.3) is 5.91 Å². The molecule has 0 bridgehead atoms. The Kier molecular flexibility index (Phi) is 4.06. The monoisotopic (exact) mass is 444 g/mol. The quantitative estimate of drug-likeness (QED) is 0.664. The first-order valence-electron chi connectivity index (χ1n) is 10.5. The van der Waals surface area contributed by atoms with Gasteiger partial charge in [-0.1, -0.05) is 17.9 Å². The summed E-state index contributed by atoms with van der Waals surface area (Å²) in [6, 6.07) is 7.59. The zero-order valence-electron chi connectivity index (χ0n) is 17.6. The molecular formula is C24H18F2N6O. The first kappa shape index (κ1) is 19.7. The second-order valence-corrected chi connectivity index (χ2v) is 8.64. The first-order chi connectivity index (χ1) is 16.0. The van der Waals surface area contributed by atoms with Crippen LogP contribution in [0.1, 0.15) is 23.1 Å². The summed E-state index contributed by atoms with van der Waals surface area (Å²) in [7, 11) is 1.83. The number of carbonyl (C=O) groups excluding carboxylic acids is 1. The minimum absolute atomic E-state index is 0.0409. The number of benzene rings is 1. The van der Waals surface area contributed by atoms with Gasteiger partial charge in [-0.3, -0.25) is 14.8 Å². The van der Waals surface area contributed by atoms with Crippen molar-refractivity contribution in [2.75, 3.05) is 13.6 Å². The lowest BCUT2D eigenvalue weighted by Gasteiger charge is -2.39. The van der Waals surface area contributed by atoms with Crippen molar-refractivity contribution in [1.29, 1.82) is 0 Å². The van der Waals surface area contributed by atoms with E-state index in [0.717, 1.165) is 0 Å². The van der Waals surface area contributed by atoms with Crippen LogP contribution in [0.2, 0.25) is 0 Å². The summed E-state index contributed by atoms with van der Waals surface area (Å²) in [5.74, 6) is 5.24. The van der Waals surface area contributed by atoms with Crippen LogP contribution in [0.25, 0.3) is 0 Å². The van der Waals surface area contributed by atoms with Crippen molar-refractivity contribution in [1.82, 2.24) is 14.8 Å². The molecule has 6 rings (SSSR count). The maximum absolute atomic E-state index is 15.6. The number of rotatable bonds is 2. The van der Waals surface area contributed by atoms with E-state index in [4.69, 9.17) is 4.99 Å². The van der Waals surface area contributed by atoms with Crippen LogP contribution in [0.5, 0.6) is 0 Å². The number of halogens is 2. The number of aliphatic imine (C=N–C) groups is 3. The third-order valence-electron chi connectivity index (χ3n) is 6.59. The van der Waals surface area contributed by atoms with Crippen molar-refractivity contribution in [3.05, 3.63) is 65.2 Å². The Bertz CT molecular complexity index is 1330. The maximum Gasteiger partial charge on any atom is 0.278 e. The van der Waals surface area contributed by atoms with Gasteiger partial charge in [0, 0.05) is 48.8 Å². The fraction of sp³-hybridized carbons (Fsp3) is 0.292. The van der Waals surface area contributed by atoms with E-state index < -0.39 is 35.0 Å². The molecule has 1 aromatic heterocycles. The van der Waals surface area contributed by atoms with Gasteiger partial charge in [0.1, 0.15) is 17.5 Å². The zero-order chi connectivity index (χ0) is 22.8. The van der Waals surface area contributed by atoms with Crippen molar-refractivity contribution < 1.29 is 13.6 Å². The summed E-state index contributed by atoms with van der Waals surface area (Å²) in [4.78, 5) is 33.1. The standard InChI is InChI=1S/C24H18F2N6O/c1-31-13-23(29-14-31,19-12-28-22-30-21(33)24(32(19)22)10-18(24)26)20-16(5-2-6-17(20)25)8-7-15-4-3-9-27-11-15/h2-6,9,11-12,14,18-19H,10,13H2,1H3. The van der Waals surface area contributed by atoms with E-state index in [9.17, 15) is 9.18 Å². The lowest BCUT2D eigenvalue weighted by atomic mass is 9.79. The van der Waals surface area contributed by atoms with Gasteiger partial charge in [0.05, 0.1) is 18.9 Å². The summed E-state index contributed by atoms with van der Waals surface area (Å²) in [5, 5.41) is 0. The second-order valence-electron chi connectivity index (χ2n) is 8.64. The summed E-state index contributed by atoms with van der Waals surface area (Å²) < 4.78 is 30.1. The van der Waals surface area contributed by atoms with E-state index in [-0.39, 0.29) is 17.9 Å². The Labute approximate surface area is 188 Å². The molecule has 164 valence electrons. The minimum Gasteiger partial charge on any atom is -0.363 e. The highest BCUT2D eigenvalue weighted by molar-refractivity contribution is 6.13. The lowest BCUT2D eigenvalue weighted by molar-refractivity contribution is -0.122. The van der Waals surface area contributed by atoms with Crippen LogP contribution in [0.4, 0.5) is 8.78 Å². The number of aromatic nitrogens is 1. The topological polar surface area (TPSA) is 73.5 Å². The van der Waals surface area contributed by atoms with Crippen LogP contribution in [0.3, 0.4) is 0 Å². The van der Waals surface area contributed by atoms with E-state index in [2.05, 4.69) is 26.8 Å². The third kappa shape index (κ3) is 2.70. The number of hydrogen-bond donors (Lipinski definition) is 0. The summed E-state index contributed by atoms with van der Waals surface area (Å²) in [6.45, 7) is 0.303. The molecule has 0 N–H and O–H groups in total. The van der Waals surface area contributed by atoms with Gasteiger partial charge >= 0.3 is 0 Å². The highest BCUT2D eigenvalue weighted by Crippen LogP contribution is 2.54. The van der Waals surface area contributed by atoms with Crippen molar-refractivity contribution in [3.8, 4) is 11.8 Å². The van der Waals surface area contributed by atoms with Gasteiger partial charge in [-0.05, 0) is 24.3 Å². The van der Waals surface area contributed by atoms with Crippen LogP contribution in [-0.4, -0.2) is 70.5 Å². The Morgan fingerprint density at radius 2 is 2.06 bits per heavy atom. The maximum atomic E-state index is 15.6. The normalized spacial score (nSPS) is 31.1. The van der Waals surface area contributed by atoms with E-state index in [1.165, 1.54) is 6.07 Å². The van der Waals surface area contributed by atoms with Crippen molar-refractivity contribution in [2.24, 2.45) is 15.0 Å². The molecule has 1 fully saturated rings. The molecule has 33 heavy (non-hydrogen) atoms. The molecule has 9 heteroatoms. The number of nitrogens with zero attached hydrogens (tertiary/aromatic N) is 6. The number of guanidine groups is 1. The average Bonchev–Trinajstić information content (AvgIpc) is 3.07. The summed E-state index contributed by atoms with van der Waals surface area (Å²) >= 11 is 0. The minimum atomic E-state index is -1.37. The summed E-state index contributed by atoms with van der Waals surface area (Å²) in [5.41, 5.74) is -1.14. The van der Waals surface area contributed by atoms with E-state index in [1.54, 1.807) is 48.0 Å². The van der Waals surface area contributed by atoms with E-state index >= 15 is 4.39 Å². The van der Waals surface area contributed by atoms with Gasteiger partial charge in [0.2, 0.25) is 5.96 Å². The molecule has 3 aliphatic heterocycles. The first-order valence-corrected chi connectivity index (χ1v) is 10.5. The molecule has 1 aromatic carbocycles. The number of alkyl halides is 1. The molecular weight excluding hydrogens is 426 g/mol. The molecule has 1 saturated carbocycles. The predicted octanol–water partition coefficient (Wildman–Crippen LogP) is 1.92. The zero-order valence-corrected chi connectivity index (χ0v) is 17.6. The molecule has 4 atom stereocenters. The summed E-state index contributed by atoms with van der Waals surface area (Å²) in [6.07, 6.45) is 5.19. The Morgan fingerprint density at radius 3 is 2.76 bits per heavy atom. The van der Waals surface area contributed by atoms with Gasteiger partial charge in [-0.25, -0.2) is 13.8 Å². The predicted molar refractivity (Wildman–Crippen MR) is 118 cm³/mol. The molecule has 2 aromatic rings. The van der Waals surface area contributed by atoms with Gasteiger partial charge in [-0.2, -0.15) is 4.99 Å². The van der Waals surface area contributed by atoms with Crippen molar-refractivity contribution in [3.63, 3.8) is 0 Å². The number of amides is 1. The Morgan fingerprint density at radius 1 is 1.21 bits per heavy atom. The van der Waals surface area contributed by atoms with Gasteiger partial charge in [-0.15, -0.1) is 0 Å². The van der Waals surface area contributed by atoms with E-state index in [0.29, 0.717) is 17.7 Å². The highest BCUT2D eigenvalue weighted by Gasteiger charge is 2.73. The van der Waals surface area contributed by atoms with Crippen LogP contribution in [0, 0.1) is 17.7 Å². The smallest absolute Gasteiger partial charge is 0.278 e. The fourth-order valence-corrected chi connectivity index (χ4v) is 4.98. The van der Waals surface area contributed by atoms with Crippen LogP contribution in [-0.2, 0) is 10.3 Å². The molecule has 4 aliphatic rings. The van der Waals surface area contributed by atoms with Crippen LogP contribution >= 0.6 is 0 Å². The Balaban J connectivity index is 1.51. The van der Waals surface area contributed by atoms with Crippen LogP contribution in [0.15, 0.2) is 57.7 Å². The average molecular weight is 444 g/mol.